The Morgan fingerprint density at radius 2 is 1.70 bits per heavy atom. The standard InChI is InChI=1S/C17H30N4O6/c1-8(2)13(17(26)27)20-14(23)11-6-5-7-21(11)16(25)9(3)19-15(24)12(18)10(4)22/h8-13,22H,5-7,18H2,1-4H3,(H,19,24)(H,20,23)(H,26,27). The molecule has 0 bridgehead atoms. The van der Waals surface area contributed by atoms with Gasteiger partial charge in [-0.05, 0) is 32.6 Å². The molecule has 1 saturated heterocycles. The van der Waals surface area contributed by atoms with Gasteiger partial charge < -0.3 is 31.5 Å². The zero-order chi connectivity index (χ0) is 20.9. The Morgan fingerprint density at radius 3 is 2.19 bits per heavy atom. The third kappa shape index (κ3) is 5.90. The summed E-state index contributed by atoms with van der Waals surface area (Å²) in [6.07, 6.45) is -0.0611. The normalized spacial score (nSPS) is 21.3. The van der Waals surface area contributed by atoms with E-state index in [-0.39, 0.29) is 5.92 Å². The summed E-state index contributed by atoms with van der Waals surface area (Å²) >= 11 is 0. The molecular weight excluding hydrogens is 356 g/mol. The van der Waals surface area contributed by atoms with E-state index in [1.807, 2.05) is 0 Å². The number of likely N-dealkylation sites (tertiary alicyclic amines) is 1. The predicted molar refractivity (Wildman–Crippen MR) is 96.4 cm³/mol. The summed E-state index contributed by atoms with van der Waals surface area (Å²) in [5.41, 5.74) is 5.54. The number of carbonyl (C=O) groups excluding carboxylic acids is 3. The minimum atomic E-state index is -1.17. The highest BCUT2D eigenvalue weighted by atomic mass is 16.4. The van der Waals surface area contributed by atoms with E-state index >= 15 is 0 Å². The van der Waals surface area contributed by atoms with Gasteiger partial charge in [-0.25, -0.2) is 4.79 Å². The SMILES string of the molecule is CC(NC(=O)C(N)C(C)O)C(=O)N1CCCC1C(=O)NC(C(=O)O)C(C)C. The molecule has 10 nitrogen and oxygen atoms in total. The fourth-order valence-corrected chi connectivity index (χ4v) is 2.91. The number of carboxylic acid groups (broad SMARTS) is 1. The number of hydrogen-bond donors (Lipinski definition) is 5. The van der Waals surface area contributed by atoms with Crippen molar-refractivity contribution in [2.24, 2.45) is 11.7 Å². The summed E-state index contributed by atoms with van der Waals surface area (Å²) in [6, 6.07) is -3.93. The van der Waals surface area contributed by atoms with Gasteiger partial charge in [0.25, 0.3) is 0 Å². The lowest BCUT2D eigenvalue weighted by Gasteiger charge is -2.29. The first-order valence-corrected chi connectivity index (χ1v) is 9.05. The Hall–Kier alpha value is -2.20. The van der Waals surface area contributed by atoms with Crippen molar-refractivity contribution in [1.82, 2.24) is 15.5 Å². The van der Waals surface area contributed by atoms with Crippen molar-refractivity contribution in [3.8, 4) is 0 Å². The van der Waals surface area contributed by atoms with Gasteiger partial charge in [0.1, 0.15) is 24.2 Å². The van der Waals surface area contributed by atoms with E-state index in [0.717, 1.165) is 0 Å². The van der Waals surface area contributed by atoms with Crippen LogP contribution in [0.15, 0.2) is 0 Å². The number of hydrogen-bond acceptors (Lipinski definition) is 6. The van der Waals surface area contributed by atoms with Crippen molar-refractivity contribution >= 4 is 23.7 Å². The molecule has 0 aromatic carbocycles. The number of aliphatic hydroxyl groups excluding tert-OH is 1. The van der Waals surface area contributed by atoms with Crippen LogP contribution in [0, 0.1) is 5.92 Å². The average Bonchev–Trinajstić information content (AvgIpc) is 3.06. The summed E-state index contributed by atoms with van der Waals surface area (Å²) in [5, 5.41) is 23.5. The van der Waals surface area contributed by atoms with Crippen LogP contribution in [0.25, 0.3) is 0 Å². The molecule has 5 atom stereocenters. The van der Waals surface area contributed by atoms with Crippen LogP contribution in [0.1, 0.15) is 40.5 Å². The van der Waals surface area contributed by atoms with Crippen LogP contribution in [0.2, 0.25) is 0 Å². The van der Waals surface area contributed by atoms with Crippen LogP contribution in [-0.4, -0.2) is 75.6 Å². The second-order valence-corrected chi connectivity index (χ2v) is 7.25. The zero-order valence-electron chi connectivity index (χ0n) is 16.1. The average molecular weight is 386 g/mol. The molecule has 10 heteroatoms. The third-order valence-electron chi connectivity index (χ3n) is 4.62. The molecule has 0 aliphatic carbocycles. The van der Waals surface area contributed by atoms with E-state index in [2.05, 4.69) is 10.6 Å². The van der Waals surface area contributed by atoms with Crippen molar-refractivity contribution < 1.29 is 29.4 Å². The smallest absolute Gasteiger partial charge is 0.326 e. The number of nitrogens with one attached hydrogen (secondary N) is 2. The topological polar surface area (TPSA) is 162 Å². The quantitative estimate of drug-likeness (QED) is 0.336. The lowest BCUT2D eigenvalue weighted by atomic mass is 10.0. The minimum Gasteiger partial charge on any atom is -0.480 e. The highest BCUT2D eigenvalue weighted by Crippen LogP contribution is 2.19. The Labute approximate surface area is 158 Å². The van der Waals surface area contributed by atoms with Crippen molar-refractivity contribution in [2.45, 2.75) is 70.8 Å². The molecule has 3 amide bonds. The maximum Gasteiger partial charge on any atom is 0.326 e. The predicted octanol–water partition coefficient (Wildman–Crippen LogP) is -1.58. The summed E-state index contributed by atoms with van der Waals surface area (Å²) in [6.45, 7) is 6.53. The lowest BCUT2D eigenvalue weighted by Crippen LogP contribution is -2.57. The fraction of sp³-hybridized carbons (Fsp3) is 0.765. The van der Waals surface area contributed by atoms with E-state index in [1.54, 1.807) is 13.8 Å². The van der Waals surface area contributed by atoms with E-state index in [9.17, 15) is 29.4 Å². The Bertz CT molecular complexity index is 580. The molecule has 154 valence electrons. The molecule has 6 N–H and O–H groups in total. The van der Waals surface area contributed by atoms with Crippen LogP contribution in [0.3, 0.4) is 0 Å². The number of aliphatic hydroxyl groups is 1. The second kappa shape index (κ2) is 9.65. The summed E-state index contributed by atoms with van der Waals surface area (Å²) in [7, 11) is 0. The molecule has 1 fully saturated rings. The first-order chi connectivity index (χ1) is 12.5. The van der Waals surface area contributed by atoms with Gasteiger partial charge in [0.2, 0.25) is 17.7 Å². The Kier molecular flexibility index (Phi) is 8.17. The zero-order valence-corrected chi connectivity index (χ0v) is 16.1. The fourth-order valence-electron chi connectivity index (χ4n) is 2.91. The summed E-state index contributed by atoms with van der Waals surface area (Å²) in [4.78, 5) is 49.7. The molecule has 0 radical (unpaired) electrons. The number of carbonyl (C=O) groups is 4. The minimum absolute atomic E-state index is 0.308. The number of aliphatic carboxylic acids is 1. The maximum atomic E-state index is 12.7. The molecule has 1 rings (SSSR count). The van der Waals surface area contributed by atoms with Gasteiger partial charge in [-0.15, -0.1) is 0 Å². The van der Waals surface area contributed by atoms with Gasteiger partial charge >= 0.3 is 5.97 Å². The maximum absolute atomic E-state index is 12.7. The van der Waals surface area contributed by atoms with Crippen molar-refractivity contribution in [3.63, 3.8) is 0 Å². The van der Waals surface area contributed by atoms with E-state index in [0.29, 0.717) is 19.4 Å². The molecule has 1 heterocycles. The first-order valence-electron chi connectivity index (χ1n) is 9.05. The van der Waals surface area contributed by atoms with E-state index in [4.69, 9.17) is 5.73 Å². The molecule has 1 aliphatic heterocycles. The van der Waals surface area contributed by atoms with Crippen molar-refractivity contribution in [2.75, 3.05) is 6.54 Å². The summed E-state index contributed by atoms with van der Waals surface area (Å²) in [5.74, 6) is -3.10. The van der Waals surface area contributed by atoms with Crippen LogP contribution in [-0.2, 0) is 19.2 Å². The van der Waals surface area contributed by atoms with Crippen LogP contribution in [0.4, 0.5) is 0 Å². The largest absolute Gasteiger partial charge is 0.480 e. The van der Waals surface area contributed by atoms with E-state index in [1.165, 1.54) is 18.7 Å². The molecule has 0 spiro atoms. The molecule has 27 heavy (non-hydrogen) atoms. The molecule has 5 unspecified atom stereocenters. The number of nitrogens with two attached hydrogens (primary N) is 1. The number of nitrogens with zero attached hydrogens (tertiary/aromatic N) is 1. The third-order valence-corrected chi connectivity index (χ3v) is 4.62. The van der Waals surface area contributed by atoms with E-state index < -0.39 is 54.0 Å². The Morgan fingerprint density at radius 1 is 1.11 bits per heavy atom. The summed E-state index contributed by atoms with van der Waals surface area (Å²) < 4.78 is 0. The second-order valence-electron chi connectivity index (χ2n) is 7.25. The van der Waals surface area contributed by atoms with Gasteiger partial charge in [-0.3, -0.25) is 14.4 Å². The Balaban J connectivity index is 2.77. The van der Waals surface area contributed by atoms with Gasteiger partial charge in [0.15, 0.2) is 0 Å². The molecule has 0 aromatic rings. The van der Waals surface area contributed by atoms with Crippen LogP contribution in [0.5, 0.6) is 0 Å². The van der Waals surface area contributed by atoms with Gasteiger partial charge in [0, 0.05) is 6.54 Å². The molecule has 0 aromatic heterocycles. The van der Waals surface area contributed by atoms with Crippen LogP contribution >= 0.6 is 0 Å². The highest BCUT2D eigenvalue weighted by Gasteiger charge is 2.38. The molecule has 0 saturated carbocycles. The first kappa shape index (κ1) is 22.8. The molecular formula is C17H30N4O6. The van der Waals surface area contributed by atoms with Crippen molar-refractivity contribution in [3.05, 3.63) is 0 Å². The van der Waals surface area contributed by atoms with Gasteiger partial charge in [0.05, 0.1) is 6.10 Å². The number of amides is 3. The lowest BCUT2D eigenvalue weighted by molar-refractivity contribution is -0.145. The monoisotopic (exact) mass is 386 g/mol. The van der Waals surface area contributed by atoms with Gasteiger partial charge in [-0.1, -0.05) is 13.8 Å². The van der Waals surface area contributed by atoms with Crippen molar-refractivity contribution in [1.29, 1.82) is 0 Å². The van der Waals surface area contributed by atoms with Crippen LogP contribution < -0.4 is 16.4 Å². The highest BCUT2D eigenvalue weighted by molar-refractivity contribution is 5.94. The number of carboxylic acids is 1. The molecule has 1 aliphatic rings. The number of rotatable bonds is 8. The van der Waals surface area contributed by atoms with Gasteiger partial charge in [-0.2, -0.15) is 0 Å².